The van der Waals surface area contributed by atoms with E-state index in [9.17, 15) is 4.79 Å². The molecule has 3 aromatic rings. The Bertz CT molecular complexity index is 946. The van der Waals surface area contributed by atoms with Crippen LogP contribution >= 0.6 is 0 Å². The molecule has 5 heteroatoms. The van der Waals surface area contributed by atoms with Gasteiger partial charge in [-0.3, -0.25) is 4.79 Å². The minimum Gasteiger partial charge on any atom is -0.494 e. The highest BCUT2D eigenvalue weighted by Gasteiger charge is 2.14. The number of nitrogens with one attached hydrogen (secondary N) is 1. The average molecular weight is 461 g/mol. The minimum atomic E-state index is -0.598. The zero-order valence-electron chi connectivity index (χ0n) is 19.8. The van der Waals surface area contributed by atoms with Gasteiger partial charge in [-0.1, -0.05) is 86.3 Å². The monoisotopic (exact) mass is 460 g/mol. The number of carbonyl (C=O) groups is 1. The van der Waals surface area contributed by atoms with Gasteiger partial charge < -0.3 is 20.5 Å². The van der Waals surface area contributed by atoms with E-state index in [0.29, 0.717) is 13.2 Å². The normalized spacial score (nSPS) is 11.6. The second kappa shape index (κ2) is 14.8. The number of ether oxygens (including phenoxy) is 2. The fraction of sp³-hybridized carbons (Fsp3) is 0.345. The summed E-state index contributed by atoms with van der Waals surface area (Å²) in [4.78, 5) is 12.1. The molecule has 0 radical (unpaired) electrons. The molecular weight excluding hydrogens is 424 g/mol. The maximum absolute atomic E-state index is 12.1. The maximum Gasteiger partial charge on any atom is 0.241 e. The number of amides is 1. The second-order valence-electron chi connectivity index (χ2n) is 8.39. The number of hydrogen-bond donors (Lipinski definition) is 2. The predicted octanol–water partition coefficient (Wildman–Crippen LogP) is 5.80. The molecule has 0 heterocycles. The summed E-state index contributed by atoms with van der Waals surface area (Å²) in [5.74, 6) is 1.60. The van der Waals surface area contributed by atoms with E-state index in [0.717, 1.165) is 61.3 Å². The molecule has 0 fully saturated rings. The van der Waals surface area contributed by atoms with Crippen LogP contribution in [0.15, 0.2) is 84.9 Å². The molecule has 1 atom stereocenters. The first kappa shape index (κ1) is 25.3. The Hall–Kier alpha value is -3.31. The van der Waals surface area contributed by atoms with Crippen LogP contribution in [0.1, 0.15) is 55.7 Å². The van der Waals surface area contributed by atoms with Gasteiger partial charge in [0, 0.05) is 6.54 Å². The van der Waals surface area contributed by atoms with E-state index in [1.165, 1.54) is 6.42 Å². The van der Waals surface area contributed by atoms with Crippen molar-refractivity contribution in [3.05, 3.63) is 96.1 Å². The third-order valence-corrected chi connectivity index (χ3v) is 5.65. The van der Waals surface area contributed by atoms with Crippen LogP contribution in [0.2, 0.25) is 0 Å². The summed E-state index contributed by atoms with van der Waals surface area (Å²) in [5, 5.41) is 2.94. The van der Waals surface area contributed by atoms with Crippen molar-refractivity contribution in [1.29, 1.82) is 0 Å². The summed E-state index contributed by atoms with van der Waals surface area (Å²) in [6.07, 6.45) is 6.59. The molecule has 0 aromatic heterocycles. The van der Waals surface area contributed by atoms with Crippen molar-refractivity contribution < 1.29 is 14.3 Å². The van der Waals surface area contributed by atoms with Crippen LogP contribution in [0.5, 0.6) is 11.5 Å². The number of unbranched alkanes of at least 4 members (excludes halogenated alkanes) is 5. The Balaban J connectivity index is 1.16. The van der Waals surface area contributed by atoms with Crippen LogP contribution < -0.4 is 20.5 Å². The van der Waals surface area contributed by atoms with E-state index in [4.69, 9.17) is 15.2 Å². The molecule has 3 rings (SSSR count). The summed E-state index contributed by atoms with van der Waals surface area (Å²) in [7, 11) is 0. The SMILES string of the molecule is N[C@H](C(=O)NCCCCCCCCOc1ccc(OCc2ccccc2)cc1)c1ccccc1. The summed E-state index contributed by atoms with van der Waals surface area (Å²) in [5.41, 5.74) is 8.00. The minimum absolute atomic E-state index is 0.112. The molecule has 1 amide bonds. The van der Waals surface area contributed by atoms with Crippen LogP contribution in [0.3, 0.4) is 0 Å². The molecule has 34 heavy (non-hydrogen) atoms. The number of hydrogen-bond acceptors (Lipinski definition) is 4. The van der Waals surface area contributed by atoms with Crippen molar-refractivity contribution in [2.45, 2.75) is 51.2 Å². The second-order valence-corrected chi connectivity index (χ2v) is 8.39. The average Bonchev–Trinajstić information content (AvgIpc) is 2.89. The molecule has 0 unspecified atom stereocenters. The van der Waals surface area contributed by atoms with Crippen molar-refractivity contribution in [2.75, 3.05) is 13.2 Å². The molecular formula is C29H36N2O3. The predicted molar refractivity (Wildman–Crippen MR) is 137 cm³/mol. The first-order valence-corrected chi connectivity index (χ1v) is 12.2. The number of nitrogens with two attached hydrogens (primary N) is 1. The lowest BCUT2D eigenvalue weighted by Crippen LogP contribution is -2.34. The van der Waals surface area contributed by atoms with Crippen LogP contribution in [0.25, 0.3) is 0 Å². The molecule has 3 aromatic carbocycles. The molecule has 0 spiro atoms. The van der Waals surface area contributed by atoms with Crippen LogP contribution in [0, 0.1) is 0 Å². The van der Waals surface area contributed by atoms with Gasteiger partial charge in [0.05, 0.1) is 6.61 Å². The fourth-order valence-electron chi connectivity index (χ4n) is 3.63. The smallest absolute Gasteiger partial charge is 0.241 e. The number of carbonyl (C=O) groups excluding carboxylic acids is 1. The van der Waals surface area contributed by atoms with E-state index < -0.39 is 6.04 Å². The summed E-state index contributed by atoms with van der Waals surface area (Å²) in [6, 6.07) is 26.8. The lowest BCUT2D eigenvalue weighted by Gasteiger charge is -2.12. The van der Waals surface area contributed by atoms with E-state index in [-0.39, 0.29) is 5.91 Å². The van der Waals surface area contributed by atoms with E-state index in [1.54, 1.807) is 0 Å². The summed E-state index contributed by atoms with van der Waals surface area (Å²) >= 11 is 0. The molecule has 0 aliphatic carbocycles. The fourth-order valence-corrected chi connectivity index (χ4v) is 3.63. The van der Waals surface area contributed by atoms with Gasteiger partial charge in [-0.25, -0.2) is 0 Å². The molecule has 180 valence electrons. The van der Waals surface area contributed by atoms with Crippen molar-refractivity contribution in [1.82, 2.24) is 5.32 Å². The Morgan fingerprint density at radius 3 is 1.94 bits per heavy atom. The van der Waals surface area contributed by atoms with Gasteiger partial charge >= 0.3 is 0 Å². The molecule has 3 N–H and O–H groups in total. The molecule has 0 saturated carbocycles. The lowest BCUT2D eigenvalue weighted by atomic mass is 10.1. The highest BCUT2D eigenvalue weighted by Crippen LogP contribution is 2.19. The van der Waals surface area contributed by atoms with Gasteiger partial charge in [0.25, 0.3) is 0 Å². The Kier molecular flexibility index (Phi) is 11.0. The van der Waals surface area contributed by atoms with Crippen LogP contribution in [-0.4, -0.2) is 19.1 Å². The molecule has 0 aliphatic heterocycles. The topological polar surface area (TPSA) is 73.6 Å². The van der Waals surface area contributed by atoms with E-state index in [1.807, 2.05) is 72.8 Å². The molecule has 0 bridgehead atoms. The highest BCUT2D eigenvalue weighted by atomic mass is 16.5. The van der Waals surface area contributed by atoms with Crippen molar-refractivity contribution >= 4 is 5.91 Å². The van der Waals surface area contributed by atoms with Gasteiger partial charge in [-0.05, 0) is 48.2 Å². The largest absolute Gasteiger partial charge is 0.494 e. The number of benzene rings is 3. The highest BCUT2D eigenvalue weighted by molar-refractivity contribution is 5.82. The van der Waals surface area contributed by atoms with Gasteiger partial charge in [-0.15, -0.1) is 0 Å². The van der Waals surface area contributed by atoms with Gasteiger partial charge in [0.2, 0.25) is 5.91 Å². The Labute approximate surface area is 203 Å². The number of rotatable bonds is 15. The lowest BCUT2D eigenvalue weighted by molar-refractivity contribution is -0.122. The van der Waals surface area contributed by atoms with Gasteiger partial charge in [0.15, 0.2) is 0 Å². The molecule has 0 saturated heterocycles. The third-order valence-electron chi connectivity index (χ3n) is 5.65. The Morgan fingerprint density at radius 1 is 0.706 bits per heavy atom. The van der Waals surface area contributed by atoms with Crippen molar-refractivity contribution in [3.63, 3.8) is 0 Å². The summed E-state index contributed by atoms with van der Waals surface area (Å²) in [6.45, 7) is 1.96. The van der Waals surface area contributed by atoms with Crippen molar-refractivity contribution in [2.24, 2.45) is 5.73 Å². The van der Waals surface area contributed by atoms with Gasteiger partial charge in [0.1, 0.15) is 24.1 Å². The molecule has 5 nitrogen and oxygen atoms in total. The standard InChI is InChI=1S/C29H36N2O3/c30-28(25-15-9-6-10-16-25)29(32)31-21-11-3-1-2-4-12-22-33-26-17-19-27(20-18-26)34-23-24-13-7-5-8-14-24/h5-10,13-20,28H,1-4,11-12,21-23,30H2,(H,31,32)/t28-/m0/s1. The van der Waals surface area contributed by atoms with Gasteiger partial charge in [-0.2, -0.15) is 0 Å². The first-order chi connectivity index (χ1) is 16.7. The van der Waals surface area contributed by atoms with E-state index in [2.05, 4.69) is 17.4 Å². The molecule has 0 aliphatic rings. The zero-order valence-corrected chi connectivity index (χ0v) is 19.8. The third kappa shape index (κ3) is 9.28. The van der Waals surface area contributed by atoms with E-state index >= 15 is 0 Å². The quantitative estimate of drug-likeness (QED) is 0.281. The first-order valence-electron chi connectivity index (χ1n) is 12.2. The maximum atomic E-state index is 12.1. The zero-order chi connectivity index (χ0) is 23.8. The van der Waals surface area contributed by atoms with Crippen LogP contribution in [0.4, 0.5) is 0 Å². The summed E-state index contributed by atoms with van der Waals surface area (Å²) < 4.78 is 11.6. The Morgan fingerprint density at radius 2 is 1.26 bits per heavy atom. The van der Waals surface area contributed by atoms with Crippen molar-refractivity contribution in [3.8, 4) is 11.5 Å². The van der Waals surface area contributed by atoms with Crippen LogP contribution in [-0.2, 0) is 11.4 Å².